The van der Waals surface area contributed by atoms with E-state index in [1.165, 1.54) is 0 Å². The zero-order valence-electron chi connectivity index (χ0n) is 12.2. The minimum absolute atomic E-state index is 0.361. The molecule has 4 nitrogen and oxygen atoms in total. The van der Waals surface area contributed by atoms with Gasteiger partial charge in [-0.2, -0.15) is 0 Å². The zero-order valence-corrected chi connectivity index (χ0v) is 12.2. The van der Waals surface area contributed by atoms with Crippen molar-refractivity contribution < 1.29 is 13.7 Å². The van der Waals surface area contributed by atoms with Crippen LogP contribution in [0.25, 0.3) is 11.3 Å². The molecule has 0 saturated carbocycles. The third-order valence-electron chi connectivity index (χ3n) is 4.08. The van der Waals surface area contributed by atoms with E-state index in [0.717, 1.165) is 16.9 Å². The lowest BCUT2D eigenvalue weighted by atomic mass is 9.83. The van der Waals surface area contributed by atoms with E-state index < -0.39 is 7.12 Å². The van der Waals surface area contributed by atoms with Crippen LogP contribution in [0, 0.1) is 0 Å². The monoisotopic (exact) mass is 271 g/mol. The Morgan fingerprint density at radius 1 is 1.05 bits per heavy atom. The average molecular weight is 271 g/mol. The van der Waals surface area contributed by atoms with Crippen LogP contribution in [0.1, 0.15) is 27.7 Å². The predicted molar refractivity (Wildman–Crippen MR) is 77.7 cm³/mol. The fourth-order valence-corrected chi connectivity index (χ4v) is 2.14. The first-order valence-corrected chi connectivity index (χ1v) is 6.74. The molecule has 0 bridgehead atoms. The maximum Gasteiger partial charge on any atom is 0.514 e. The Morgan fingerprint density at radius 3 is 2.35 bits per heavy atom. The van der Waals surface area contributed by atoms with Crippen molar-refractivity contribution in [3.8, 4) is 11.3 Å². The molecule has 3 heterocycles. The number of rotatable bonds is 2. The van der Waals surface area contributed by atoms with Crippen molar-refractivity contribution in [1.29, 1.82) is 0 Å². The van der Waals surface area contributed by atoms with Crippen molar-refractivity contribution in [2.24, 2.45) is 0 Å². The van der Waals surface area contributed by atoms with Crippen LogP contribution in [-0.2, 0) is 9.31 Å². The highest BCUT2D eigenvalue weighted by Crippen LogP contribution is 2.36. The van der Waals surface area contributed by atoms with Gasteiger partial charge in [0, 0.05) is 11.8 Å². The second-order valence-electron chi connectivity index (χ2n) is 6.03. The highest BCUT2D eigenvalue weighted by Gasteiger charge is 2.52. The number of hydrogen-bond donors (Lipinski definition) is 0. The standard InChI is InChI=1S/C15H18BNO3/c1-14(2)15(3,4)20-16(19-14)13-10-11(7-8-17-13)12-6-5-9-18-12/h5-10H,1-4H3. The average Bonchev–Trinajstić information content (AvgIpc) is 2.97. The smallest absolute Gasteiger partial charge is 0.464 e. The van der Waals surface area contributed by atoms with Crippen LogP contribution in [0.3, 0.4) is 0 Å². The van der Waals surface area contributed by atoms with Crippen molar-refractivity contribution in [1.82, 2.24) is 4.98 Å². The summed E-state index contributed by atoms with van der Waals surface area (Å²) in [6.45, 7) is 8.12. The minimum Gasteiger partial charge on any atom is -0.464 e. The van der Waals surface area contributed by atoms with Gasteiger partial charge in [-0.3, -0.25) is 4.98 Å². The molecule has 1 saturated heterocycles. The second kappa shape index (κ2) is 4.47. The summed E-state index contributed by atoms with van der Waals surface area (Å²) in [7, 11) is -0.449. The maximum absolute atomic E-state index is 6.01. The molecule has 1 aliphatic rings. The Bertz CT molecular complexity index is 591. The van der Waals surface area contributed by atoms with Gasteiger partial charge in [0.2, 0.25) is 0 Å². The molecule has 0 amide bonds. The molecule has 104 valence electrons. The Hall–Kier alpha value is -1.59. The fraction of sp³-hybridized carbons (Fsp3) is 0.400. The largest absolute Gasteiger partial charge is 0.514 e. The highest BCUT2D eigenvalue weighted by atomic mass is 16.7. The quantitative estimate of drug-likeness (QED) is 0.787. The van der Waals surface area contributed by atoms with Gasteiger partial charge in [0.15, 0.2) is 0 Å². The lowest BCUT2D eigenvalue weighted by molar-refractivity contribution is 0.00578. The number of nitrogens with zero attached hydrogens (tertiary/aromatic N) is 1. The third-order valence-corrected chi connectivity index (χ3v) is 4.08. The van der Waals surface area contributed by atoms with Gasteiger partial charge in [-0.15, -0.1) is 0 Å². The van der Waals surface area contributed by atoms with E-state index in [0.29, 0.717) is 0 Å². The van der Waals surface area contributed by atoms with E-state index in [2.05, 4.69) is 4.98 Å². The van der Waals surface area contributed by atoms with E-state index in [1.54, 1.807) is 12.5 Å². The molecule has 0 spiro atoms. The second-order valence-corrected chi connectivity index (χ2v) is 6.03. The van der Waals surface area contributed by atoms with Gasteiger partial charge in [-0.05, 0) is 52.0 Å². The summed E-state index contributed by atoms with van der Waals surface area (Å²) in [6, 6.07) is 7.64. The van der Waals surface area contributed by atoms with E-state index in [9.17, 15) is 0 Å². The Morgan fingerprint density at radius 2 is 1.75 bits per heavy atom. The van der Waals surface area contributed by atoms with Crippen LogP contribution in [0.15, 0.2) is 41.1 Å². The Balaban J connectivity index is 1.91. The predicted octanol–water partition coefficient (Wildman–Crippen LogP) is 2.64. The molecule has 1 aliphatic heterocycles. The summed E-state index contributed by atoms with van der Waals surface area (Å²) in [5, 5.41) is 0. The van der Waals surface area contributed by atoms with Gasteiger partial charge in [0.25, 0.3) is 0 Å². The molecule has 0 aliphatic carbocycles. The zero-order chi connectivity index (χ0) is 14.4. The molecular weight excluding hydrogens is 253 g/mol. The highest BCUT2D eigenvalue weighted by molar-refractivity contribution is 6.61. The van der Waals surface area contributed by atoms with Crippen LogP contribution < -0.4 is 5.59 Å². The molecular formula is C15H18BNO3. The lowest BCUT2D eigenvalue weighted by Gasteiger charge is -2.32. The molecule has 5 heteroatoms. The molecule has 0 aromatic carbocycles. The lowest BCUT2D eigenvalue weighted by Crippen LogP contribution is -2.41. The first-order chi connectivity index (χ1) is 9.39. The molecule has 3 rings (SSSR count). The van der Waals surface area contributed by atoms with Crippen molar-refractivity contribution in [3.05, 3.63) is 36.7 Å². The number of pyridine rings is 1. The maximum atomic E-state index is 6.01. The Labute approximate surface area is 119 Å². The third kappa shape index (κ3) is 2.17. The van der Waals surface area contributed by atoms with Crippen molar-refractivity contribution in [3.63, 3.8) is 0 Å². The van der Waals surface area contributed by atoms with Gasteiger partial charge >= 0.3 is 7.12 Å². The summed E-state index contributed by atoms with van der Waals surface area (Å²) in [5.41, 5.74) is 1.01. The molecule has 0 radical (unpaired) electrons. The van der Waals surface area contributed by atoms with Crippen LogP contribution in [-0.4, -0.2) is 23.3 Å². The van der Waals surface area contributed by atoms with Crippen LogP contribution in [0.2, 0.25) is 0 Å². The van der Waals surface area contributed by atoms with Gasteiger partial charge in [-0.1, -0.05) is 0 Å². The number of aromatic nitrogens is 1. The van der Waals surface area contributed by atoms with Crippen LogP contribution in [0.5, 0.6) is 0 Å². The minimum atomic E-state index is -0.449. The van der Waals surface area contributed by atoms with Crippen molar-refractivity contribution in [2.75, 3.05) is 0 Å². The SMILES string of the molecule is CC1(C)OB(c2cc(-c3ccco3)ccn2)OC1(C)C. The molecule has 2 aromatic rings. The van der Waals surface area contributed by atoms with Gasteiger partial charge < -0.3 is 13.7 Å². The van der Waals surface area contributed by atoms with Crippen molar-refractivity contribution >= 4 is 12.7 Å². The van der Waals surface area contributed by atoms with Crippen LogP contribution >= 0.6 is 0 Å². The normalized spacial score (nSPS) is 20.3. The van der Waals surface area contributed by atoms with Crippen molar-refractivity contribution in [2.45, 2.75) is 38.9 Å². The summed E-state index contributed by atoms with van der Waals surface area (Å²) in [5.74, 6) is 0.810. The van der Waals surface area contributed by atoms with Gasteiger partial charge in [0.05, 0.1) is 23.1 Å². The molecule has 2 aromatic heterocycles. The number of hydrogen-bond acceptors (Lipinski definition) is 4. The fourth-order valence-electron chi connectivity index (χ4n) is 2.14. The molecule has 0 N–H and O–H groups in total. The molecule has 20 heavy (non-hydrogen) atoms. The van der Waals surface area contributed by atoms with E-state index in [4.69, 9.17) is 13.7 Å². The molecule has 1 fully saturated rings. The number of furan rings is 1. The summed E-state index contributed by atoms with van der Waals surface area (Å²) in [4.78, 5) is 4.37. The molecule has 0 unspecified atom stereocenters. The van der Waals surface area contributed by atoms with Gasteiger partial charge in [-0.25, -0.2) is 0 Å². The summed E-state index contributed by atoms with van der Waals surface area (Å²) in [6.07, 6.45) is 3.41. The Kier molecular flexibility index (Phi) is 2.99. The summed E-state index contributed by atoms with van der Waals surface area (Å²) < 4.78 is 17.4. The first-order valence-electron chi connectivity index (χ1n) is 6.74. The van der Waals surface area contributed by atoms with E-state index >= 15 is 0 Å². The van der Waals surface area contributed by atoms with E-state index in [1.807, 2.05) is 52.0 Å². The topological polar surface area (TPSA) is 44.5 Å². The van der Waals surface area contributed by atoms with Crippen LogP contribution in [0.4, 0.5) is 0 Å². The van der Waals surface area contributed by atoms with Gasteiger partial charge in [0.1, 0.15) is 5.76 Å². The first kappa shape index (κ1) is 13.4. The summed E-state index contributed by atoms with van der Waals surface area (Å²) >= 11 is 0. The van der Waals surface area contributed by atoms with E-state index in [-0.39, 0.29) is 11.2 Å². The molecule has 0 atom stereocenters.